The molecule has 1 heterocycles. The molecular weight excluding hydrogens is 323 g/mol. The fraction of sp³-hybridized carbons (Fsp3) is 0.176. The van der Waals surface area contributed by atoms with Gasteiger partial charge in [0, 0.05) is 12.3 Å². The van der Waals surface area contributed by atoms with Gasteiger partial charge in [-0.15, -0.1) is 0 Å². The van der Waals surface area contributed by atoms with Gasteiger partial charge < -0.3 is 10.2 Å². The molecular formula is C17H14F3NO3. The number of hydrogen-bond acceptors (Lipinski definition) is 3. The maximum Gasteiger partial charge on any atom is 0.416 e. The van der Waals surface area contributed by atoms with Crippen molar-refractivity contribution >= 4 is 12.0 Å². The number of carboxylic acid groups (broad SMARTS) is 1. The highest BCUT2D eigenvalue weighted by molar-refractivity contribution is 5.88. The van der Waals surface area contributed by atoms with Crippen LogP contribution in [0.5, 0.6) is 0 Å². The average molecular weight is 337 g/mol. The molecule has 0 atom stereocenters. The van der Waals surface area contributed by atoms with E-state index >= 15 is 0 Å². The van der Waals surface area contributed by atoms with Crippen LogP contribution in [0.2, 0.25) is 0 Å². The van der Waals surface area contributed by atoms with E-state index in [9.17, 15) is 18.0 Å². The van der Waals surface area contributed by atoms with Crippen LogP contribution in [0.15, 0.2) is 48.4 Å². The number of carboxylic acids is 1. The lowest BCUT2D eigenvalue weighted by molar-refractivity contribution is -0.137. The van der Waals surface area contributed by atoms with Crippen LogP contribution in [0.1, 0.15) is 22.4 Å². The zero-order chi connectivity index (χ0) is 17.7. The zero-order valence-electron chi connectivity index (χ0n) is 12.4. The van der Waals surface area contributed by atoms with Crippen molar-refractivity contribution in [3.63, 3.8) is 0 Å². The molecule has 4 nitrogen and oxygen atoms in total. The van der Waals surface area contributed by atoms with Gasteiger partial charge in [0.2, 0.25) is 5.76 Å². The normalized spacial score (nSPS) is 12.2. The topological polar surface area (TPSA) is 70.4 Å². The zero-order valence-corrected chi connectivity index (χ0v) is 12.4. The van der Waals surface area contributed by atoms with Crippen LogP contribution in [0.25, 0.3) is 6.08 Å². The lowest BCUT2D eigenvalue weighted by Gasteiger charge is -2.08. The molecule has 0 aliphatic carbocycles. The molecule has 7 heteroatoms. The summed E-state index contributed by atoms with van der Waals surface area (Å²) < 4.78 is 38.0. The number of carbonyl (C=O) groups is 1. The lowest BCUT2D eigenvalue weighted by atomic mass is 10.0. The minimum Gasteiger partial charge on any atom is -0.502 e. The van der Waals surface area contributed by atoms with Crippen LogP contribution in [0.4, 0.5) is 13.2 Å². The molecule has 0 bridgehead atoms. The number of aromatic nitrogens is 1. The molecule has 126 valence electrons. The molecule has 0 aliphatic rings. The van der Waals surface area contributed by atoms with Crippen LogP contribution >= 0.6 is 0 Å². The highest BCUT2D eigenvalue weighted by Gasteiger charge is 2.30. The first-order valence-corrected chi connectivity index (χ1v) is 7.01. The van der Waals surface area contributed by atoms with Gasteiger partial charge in [-0.25, -0.2) is 4.79 Å². The molecule has 0 saturated carbocycles. The average Bonchev–Trinajstić information content (AvgIpc) is 2.53. The number of nitrogens with zero attached hydrogens (tertiary/aromatic N) is 1. The molecule has 1 aromatic carbocycles. The second-order valence-electron chi connectivity index (χ2n) is 5.12. The van der Waals surface area contributed by atoms with Crippen molar-refractivity contribution in [2.45, 2.75) is 19.0 Å². The molecule has 0 unspecified atom stereocenters. The molecule has 0 spiro atoms. The van der Waals surface area contributed by atoms with Crippen molar-refractivity contribution in [3.05, 3.63) is 70.7 Å². The van der Waals surface area contributed by atoms with E-state index in [-0.39, 0.29) is 5.69 Å². The molecule has 2 rings (SSSR count). The molecule has 1 aromatic heterocycles. The van der Waals surface area contributed by atoms with Gasteiger partial charge in [-0.2, -0.15) is 13.2 Å². The van der Waals surface area contributed by atoms with Crippen LogP contribution in [-0.2, 0) is 23.8 Å². The molecule has 0 saturated heterocycles. The highest BCUT2D eigenvalue weighted by atomic mass is 19.4. The Morgan fingerprint density at radius 2 is 1.79 bits per heavy atom. The number of aliphatic hydroxyl groups excluding tert-OH is 1. The Labute approximate surface area is 135 Å². The van der Waals surface area contributed by atoms with Gasteiger partial charge >= 0.3 is 12.1 Å². The summed E-state index contributed by atoms with van der Waals surface area (Å²) in [6.07, 6.45) is -0.949. The summed E-state index contributed by atoms with van der Waals surface area (Å²) in [5.41, 5.74) is 0.956. The van der Waals surface area contributed by atoms with E-state index in [2.05, 4.69) is 4.98 Å². The van der Waals surface area contributed by atoms with E-state index in [1.807, 2.05) is 0 Å². The molecule has 0 radical (unpaired) electrons. The largest absolute Gasteiger partial charge is 0.502 e. The second-order valence-corrected chi connectivity index (χ2v) is 5.12. The second kappa shape index (κ2) is 7.16. The van der Waals surface area contributed by atoms with E-state index in [1.165, 1.54) is 18.3 Å². The Morgan fingerprint density at radius 1 is 1.08 bits per heavy atom. The third kappa shape index (κ3) is 4.84. The SMILES string of the molecule is O=C(O)/C(O)=C/c1ccc(CCc2cccc(C(F)(F)F)c2)cn1. The Kier molecular flexibility index (Phi) is 5.23. The number of rotatable bonds is 5. The maximum absolute atomic E-state index is 12.7. The summed E-state index contributed by atoms with van der Waals surface area (Å²) >= 11 is 0. The minimum absolute atomic E-state index is 0.276. The van der Waals surface area contributed by atoms with Crippen LogP contribution in [-0.4, -0.2) is 21.2 Å². The monoisotopic (exact) mass is 337 g/mol. The van der Waals surface area contributed by atoms with Crippen LogP contribution in [0, 0.1) is 0 Å². The van der Waals surface area contributed by atoms with Gasteiger partial charge in [-0.1, -0.05) is 24.3 Å². The van der Waals surface area contributed by atoms with Crippen molar-refractivity contribution in [2.24, 2.45) is 0 Å². The Bertz CT molecular complexity index is 752. The van der Waals surface area contributed by atoms with Crippen molar-refractivity contribution in [1.29, 1.82) is 0 Å². The number of pyridine rings is 1. The summed E-state index contributed by atoms with van der Waals surface area (Å²) in [5.74, 6) is -2.27. The summed E-state index contributed by atoms with van der Waals surface area (Å²) in [4.78, 5) is 14.5. The molecule has 0 aliphatic heterocycles. The molecule has 2 N–H and O–H groups in total. The fourth-order valence-electron chi connectivity index (χ4n) is 2.06. The van der Waals surface area contributed by atoms with Gasteiger partial charge in [0.25, 0.3) is 0 Å². The number of halogens is 3. The predicted molar refractivity (Wildman–Crippen MR) is 81.3 cm³/mol. The van der Waals surface area contributed by atoms with Crippen molar-refractivity contribution in [3.8, 4) is 0 Å². The smallest absolute Gasteiger partial charge is 0.416 e. The van der Waals surface area contributed by atoms with Crippen molar-refractivity contribution in [1.82, 2.24) is 4.98 Å². The third-order valence-corrected chi connectivity index (χ3v) is 3.31. The van der Waals surface area contributed by atoms with Crippen molar-refractivity contribution in [2.75, 3.05) is 0 Å². The quantitative estimate of drug-likeness (QED) is 0.642. The summed E-state index contributed by atoms with van der Waals surface area (Å²) in [6, 6.07) is 8.36. The van der Waals surface area contributed by atoms with Crippen LogP contribution < -0.4 is 0 Å². The highest BCUT2D eigenvalue weighted by Crippen LogP contribution is 2.29. The van der Waals surface area contributed by atoms with Gasteiger partial charge in [-0.05, 0) is 36.1 Å². The maximum atomic E-state index is 12.7. The fourth-order valence-corrected chi connectivity index (χ4v) is 2.06. The Hall–Kier alpha value is -2.83. The van der Waals surface area contributed by atoms with Gasteiger partial charge in [0.1, 0.15) is 0 Å². The first-order chi connectivity index (χ1) is 11.3. The summed E-state index contributed by atoms with van der Waals surface area (Å²) in [7, 11) is 0. The molecule has 0 amide bonds. The Balaban J connectivity index is 2.03. The standard InChI is InChI=1S/C17H14F3NO3/c18-17(19,20)13-3-1-2-11(8-13)4-5-12-6-7-14(21-10-12)9-15(22)16(23)24/h1-3,6-10,22H,4-5H2,(H,23,24)/b15-9-. The summed E-state index contributed by atoms with van der Waals surface area (Å²) in [6.45, 7) is 0. The first-order valence-electron chi connectivity index (χ1n) is 7.01. The number of alkyl halides is 3. The number of aryl methyl sites for hydroxylation is 2. The van der Waals surface area contributed by atoms with E-state index < -0.39 is 23.5 Å². The number of hydrogen-bond donors (Lipinski definition) is 2. The molecule has 0 fully saturated rings. The van der Waals surface area contributed by atoms with E-state index in [0.717, 1.165) is 23.8 Å². The third-order valence-electron chi connectivity index (χ3n) is 3.31. The minimum atomic E-state index is -4.36. The van der Waals surface area contributed by atoms with Gasteiger partial charge in [0.15, 0.2) is 0 Å². The molecule has 2 aromatic rings. The van der Waals surface area contributed by atoms with Crippen LogP contribution in [0.3, 0.4) is 0 Å². The Morgan fingerprint density at radius 3 is 2.38 bits per heavy atom. The number of aliphatic hydroxyl groups is 1. The van der Waals surface area contributed by atoms with Crippen molar-refractivity contribution < 1.29 is 28.2 Å². The molecule has 24 heavy (non-hydrogen) atoms. The number of benzene rings is 1. The van der Waals surface area contributed by atoms with Gasteiger partial charge in [-0.3, -0.25) is 4.98 Å². The lowest BCUT2D eigenvalue weighted by Crippen LogP contribution is -2.05. The van der Waals surface area contributed by atoms with E-state index in [4.69, 9.17) is 10.2 Å². The predicted octanol–water partition coefficient (Wildman–Crippen LogP) is 3.87. The number of aliphatic carboxylic acids is 1. The van der Waals surface area contributed by atoms with Gasteiger partial charge in [0.05, 0.1) is 11.3 Å². The van der Waals surface area contributed by atoms with E-state index in [1.54, 1.807) is 12.1 Å². The summed E-state index contributed by atoms with van der Waals surface area (Å²) in [5, 5.41) is 17.7. The first kappa shape index (κ1) is 17.5. The van der Waals surface area contributed by atoms with E-state index in [0.29, 0.717) is 18.4 Å².